The van der Waals surface area contributed by atoms with Crippen molar-refractivity contribution in [1.82, 2.24) is 18.9 Å². The van der Waals surface area contributed by atoms with Gasteiger partial charge in [0, 0.05) is 48.0 Å². The van der Waals surface area contributed by atoms with E-state index in [0.717, 1.165) is 5.56 Å². The Morgan fingerprint density at radius 3 is 2.58 bits per heavy atom. The van der Waals surface area contributed by atoms with E-state index in [0.29, 0.717) is 53.9 Å². The van der Waals surface area contributed by atoms with Crippen molar-refractivity contribution >= 4 is 42.4 Å². The Labute approximate surface area is 222 Å². The van der Waals surface area contributed by atoms with E-state index in [1.54, 1.807) is 48.7 Å². The molecule has 4 heterocycles. The lowest BCUT2D eigenvalue weighted by Gasteiger charge is -2.34. The van der Waals surface area contributed by atoms with Gasteiger partial charge >= 0.3 is 0 Å². The second-order valence-electron chi connectivity index (χ2n) is 9.39. The third kappa shape index (κ3) is 5.03. The van der Waals surface area contributed by atoms with E-state index >= 15 is 0 Å². The molecule has 0 radical (unpaired) electrons. The number of morpholine rings is 1. The Hall–Kier alpha value is -3.35. The molecular formula is C26H30N6O4S2. The van der Waals surface area contributed by atoms with Gasteiger partial charge in [-0.25, -0.2) is 31.6 Å². The lowest BCUT2D eigenvalue weighted by atomic mass is 10.1. The van der Waals surface area contributed by atoms with Crippen LogP contribution in [0, 0.1) is 6.92 Å². The average Bonchev–Trinajstić information content (AvgIpc) is 3.34. The van der Waals surface area contributed by atoms with Crippen LogP contribution in [0.3, 0.4) is 0 Å². The highest BCUT2D eigenvalue weighted by molar-refractivity contribution is 7.93. The highest BCUT2D eigenvalue weighted by Gasteiger charge is 2.24. The molecular weight excluding hydrogens is 524 g/mol. The highest BCUT2D eigenvalue weighted by Crippen LogP contribution is 2.32. The Morgan fingerprint density at radius 2 is 1.87 bits per heavy atom. The summed E-state index contributed by atoms with van der Waals surface area (Å²) in [5.41, 5.74) is 1.84. The number of nitrogens with zero attached hydrogens (tertiary/aromatic N) is 6. The van der Waals surface area contributed by atoms with Gasteiger partial charge in [0.25, 0.3) is 10.0 Å². The first kappa shape index (κ1) is 26.3. The van der Waals surface area contributed by atoms with Crippen molar-refractivity contribution in [3.05, 3.63) is 60.4 Å². The minimum absolute atomic E-state index is 0.0784. The fourth-order valence-corrected chi connectivity index (χ4v) is 6.21. The first-order chi connectivity index (χ1) is 18.1. The van der Waals surface area contributed by atoms with Crippen LogP contribution in [-0.4, -0.2) is 69.4 Å². The minimum atomic E-state index is -3.87. The Bertz CT molecular complexity index is 1720. The lowest BCUT2D eigenvalue weighted by molar-refractivity contribution is 0.0985. The number of hydrogen-bond acceptors (Lipinski definition) is 9. The maximum Gasteiger partial charge on any atom is 0.269 e. The monoisotopic (exact) mass is 554 g/mol. The van der Waals surface area contributed by atoms with Gasteiger partial charge in [-0.1, -0.05) is 24.6 Å². The van der Waals surface area contributed by atoms with Crippen molar-refractivity contribution in [2.24, 2.45) is 4.36 Å². The van der Waals surface area contributed by atoms with Gasteiger partial charge in [-0.2, -0.15) is 4.36 Å². The summed E-state index contributed by atoms with van der Waals surface area (Å²) in [5, 5.41) is 0.578. The summed E-state index contributed by atoms with van der Waals surface area (Å²) in [5.74, 6) is 1.70. The topological polar surface area (TPSA) is 120 Å². The van der Waals surface area contributed by atoms with Crippen LogP contribution >= 0.6 is 0 Å². The zero-order chi connectivity index (χ0) is 27.1. The first-order valence-electron chi connectivity index (χ1n) is 12.3. The van der Waals surface area contributed by atoms with Gasteiger partial charge in [0.2, 0.25) is 0 Å². The number of hydrogen-bond donors (Lipinski definition) is 0. The molecule has 1 aliphatic rings. The molecule has 1 unspecified atom stereocenters. The molecule has 0 amide bonds. The summed E-state index contributed by atoms with van der Waals surface area (Å²) >= 11 is 0. The molecule has 0 bridgehead atoms. The van der Waals surface area contributed by atoms with E-state index in [4.69, 9.17) is 9.72 Å². The van der Waals surface area contributed by atoms with Crippen LogP contribution in [0.4, 0.5) is 11.6 Å². The number of benzene rings is 1. The number of aryl methyl sites for hydroxylation is 1. The molecule has 1 aromatic carbocycles. The third-order valence-electron chi connectivity index (χ3n) is 6.56. The summed E-state index contributed by atoms with van der Waals surface area (Å²) in [7, 11) is -6.35. The molecule has 0 saturated carbocycles. The molecule has 1 aliphatic heterocycles. The van der Waals surface area contributed by atoms with E-state index < -0.39 is 19.8 Å². The van der Waals surface area contributed by atoms with Crippen molar-refractivity contribution in [3.8, 4) is 11.4 Å². The molecule has 10 nitrogen and oxygen atoms in total. The highest BCUT2D eigenvalue weighted by atomic mass is 32.2. The molecule has 5 rings (SSSR count). The SMILES string of the molecule is CCS(C)(=O)=Nc1cc(N2CCOC[C@H]2C)nc(-c2ccnc3c2ccn3S(=O)(=O)c2ccc(C)cc2)n1. The van der Waals surface area contributed by atoms with E-state index in [1.807, 2.05) is 20.8 Å². The number of ether oxygens (including phenoxy) is 1. The van der Waals surface area contributed by atoms with E-state index in [2.05, 4.69) is 19.2 Å². The van der Waals surface area contributed by atoms with Crippen LogP contribution < -0.4 is 4.90 Å². The van der Waals surface area contributed by atoms with Gasteiger partial charge in [0.1, 0.15) is 5.82 Å². The van der Waals surface area contributed by atoms with E-state index in [-0.39, 0.29) is 16.6 Å². The number of aromatic nitrogens is 4. The Kier molecular flexibility index (Phi) is 6.97. The molecule has 4 aromatic rings. The van der Waals surface area contributed by atoms with Crippen LogP contribution in [0.15, 0.2) is 64.1 Å². The second-order valence-corrected chi connectivity index (χ2v) is 13.9. The molecule has 2 atom stereocenters. The maximum atomic E-state index is 13.4. The Morgan fingerprint density at radius 1 is 1.11 bits per heavy atom. The van der Waals surface area contributed by atoms with Crippen LogP contribution in [0.2, 0.25) is 0 Å². The molecule has 3 aromatic heterocycles. The molecule has 1 saturated heterocycles. The fraction of sp³-hybridized carbons (Fsp3) is 0.346. The standard InChI is InChI=1S/C26H30N6O4S2/c1-5-37(4,33)30-23-16-24(31-14-15-36-17-19(31)3)29-25(28-23)21-10-12-27-26-22(21)11-13-32(26)38(34,35)20-8-6-18(2)7-9-20/h6-13,16,19H,5,14-15,17H2,1-4H3/t19-,37?/m1/s1. The van der Waals surface area contributed by atoms with E-state index in [9.17, 15) is 12.6 Å². The van der Waals surface area contributed by atoms with Crippen LogP contribution in [-0.2, 0) is 24.5 Å². The molecule has 0 N–H and O–H groups in total. The normalized spacial score (nSPS) is 17.9. The first-order valence-corrected chi connectivity index (χ1v) is 15.8. The molecule has 0 spiro atoms. The zero-order valence-corrected chi connectivity index (χ0v) is 23.4. The predicted octanol–water partition coefficient (Wildman–Crippen LogP) is 4.01. The number of anilines is 1. The van der Waals surface area contributed by atoms with Crippen molar-refractivity contribution < 1.29 is 17.4 Å². The Balaban J connectivity index is 1.68. The average molecular weight is 555 g/mol. The van der Waals surface area contributed by atoms with Crippen molar-refractivity contribution in [1.29, 1.82) is 0 Å². The van der Waals surface area contributed by atoms with Crippen LogP contribution in [0.5, 0.6) is 0 Å². The van der Waals surface area contributed by atoms with Crippen molar-refractivity contribution in [2.45, 2.75) is 31.7 Å². The zero-order valence-electron chi connectivity index (χ0n) is 21.7. The quantitative estimate of drug-likeness (QED) is 0.351. The number of fused-ring (bicyclic) bond motifs is 1. The third-order valence-corrected chi connectivity index (χ3v) is 9.88. The van der Waals surface area contributed by atoms with Crippen LogP contribution in [0.1, 0.15) is 19.4 Å². The van der Waals surface area contributed by atoms with Gasteiger partial charge in [0.15, 0.2) is 17.3 Å². The summed E-state index contributed by atoms with van der Waals surface area (Å²) < 4.78 is 50.9. The summed E-state index contributed by atoms with van der Waals surface area (Å²) in [6.45, 7) is 7.54. The fourth-order valence-electron chi connectivity index (χ4n) is 4.29. The molecule has 38 heavy (non-hydrogen) atoms. The summed E-state index contributed by atoms with van der Waals surface area (Å²) in [6.07, 6.45) is 4.63. The summed E-state index contributed by atoms with van der Waals surface area (Å²) in [6, 6.07) is 12.0. The number of rotatable bonds is 6. The largest absolute Gasteiger partial charge is 0.377 e. The molecule has 12 heteroatoms. The minimum Gasteiger partial charge on any atom is -0.377 e. The molecule has 200 valence electrons. The predicted molar refractivity (Wildman–Crippen MR) is 149 cm³/mol. The van der Waals surface area contributed by atoms with E-state index in [1.165, 1.54) is 16.4 Å². The molecule has 0 aliphatic carbocycles. The van der Waals surface area contributed by atoms with Crippen molar-refractivity contribution in [3.63, 3.8) is 0 Å². The van der Waals surface area contributed by atoms with Gasteiger partial charge < -0.3 is 9.64 Å². The molecule has 1 fully saturated rings. The summed E-state index contributed by atoms with van der Waals surface area (Å²) in [4.78, 5) is 16.2. The van der Waals surface area contributed by atoms with Gasteiger partial charge in [-0.05, 0) is 38.1 Å². The second kappa shape index (κ2) is 10.1. The van der Waals surface area contributed by atoms with Gasteiger partial charge in [0.05, 0.1) is 33.9 Å². The lowest BCUT2D eigenvalue weighted by Crippen LogP contribution is -2.44. The van der Waals surface area contributed by atoms with Crippen molar-refractivity contribution in [2.75, 3.05) is 36.7 Å². The maximum absolute atomic E-state index is 13.4. The van der Waals surface area contributed by atoms with Gasteiger partial charge in [-0.3, -0.25) is 0 Å². The smallest absolute Gasteiger partial charge is 0.269 e. The van der Waals surface area contributed by atoms with Crippen LogP contribution in [0.25, 0.3) is 22.4 Å². The number of pyridine rings is 1. The van der Waals surface area contributed by atoms with Gasteiger partial charge in [-0.15, -0.1) is 0 Å².